The van der Waals surface area contributed by atoms with E-state index in [1.54, 1.807) is 6.07 Å². The minimum atomic E-state index is -0.117. The summed E-state index contributed by atoms with van der Waals surface area (Å²) < 4.78 is 13.9. The Morgan fingerprint density at radius 2 is 2.00 bits per heavy atom. The highest BCUT2D eigenvalue weighted by Gasteiger charge is 2.10. The second-order valence-electron chi connectivity index (χ2n) is 4.50. The number of hydrogen-bond acceptors (Lipinski definition) is 2. The van der Waals surface area contributed by atoms with Gasteiger partial charge >= 0.3 is 0 Å². The maximum Gasteiger partial charge on any atom is 0.146 e. The van der Waals surface area contributed by atoms with E-state index in [2.05, 4.69) is 31.0 Å². The summed E-state index contributed by atoms with van der Waals surface area (Å²) >= 11 is 0. The number of anilines is 1. The molecule has 102 valence electrons. The number of nitrogens with zero attached hydrogens (tertiary/aromatic N) is 1. The Hall–Kier alpha value is -1.09. The van der Waals surface area contributed by atoms with Gasteiger partial charge in [0.15, 0.2) is 0 Å². The van der Waals surface area contributed by atoms with E-state index in [9.17, 15) is 4.39 Å². The lowest BCUT2D eigenvalue weighted by molar-refractivity contribution is 0.612. The van der Waals surface area contributed by atoms with Gasteiger partial charge in [0.25, 0.3) is 0 Å². The molecule has 2 nitrogen and oxygen atoms in total. The number of hydrogen-bond donors (Lipinski definition) is 1. The average Bonchev–Trinajstić information content (AvgIpc) is 2.39. The van der Waals surface area contributed by atoms with Crippen LogP contribution in [0.5, 0.6) is 0 Å². The molecule has 0 saturated carbocycles. The molecule has 0 atom stereocenters. The summed E-state index contributed by atoms with van der Waals surface area (Å²) in [6.45, 7) is 9.81. The van der Waals surface area contributed by atoms with Crippen LogP contribution < -0.4 is 10.2 Å². The molecule has 0 heterocycles. The van der Waals surface area contributed by atoms with Gasteiger partial charge in [0.1, 0.15) is 5.82 Å². The fourth-order valence-electron chi connectivity index (χ4n) is 1.98. The lowest BCUT2D eigenvalue weighted by Crippen LogP contribution is -2.25. The Bertz CT molecular complexity index is 352. The molecule has 1 rings (SSSR count). The van der Waals surface area contributed by atoms with E-state index in [1.807, 2.05) is 12.1 Å². The van der Waals surface area contributed by atoms with Gasteiger partial charge in [-0.15, -0.1) is 0 Å². The van der Waals surface area contributed by atoms with Gasteiger partial charge in [0.05, 0.1) is 5.69 Å². The first-order valence-electron chi connectivity index (χ1n) is 6.97. The summed E-state index contributed by atoms with van der Waals surface area (Å²) in [5.41, 5.74) is 1.88. The summed E-state index contributed by atoms with van der Waals surface area (Å²) in [4.78, 5) is 2.12. The van der Waals surface area contributed by atoms with Crippen LogP contribution in [0.3, 0.4) is 0 Å². The second-order valence-corrected chi connectivity index (χ2v) is 4.50. The van der Waals surface area contributed by atoms with E-state index in [-0.39, 0.29) is 5.82 Å². The predicted molar refractivity (Wildman–Crippen MR) is 76.6 cm³/mol. The first-order chi connectivity index (χ1) is 8.72. The van der Waals surface area contributed by atoms with Gasteiger partial charge in [-0.25, -0.2) is 4.39 Å². The number of halogens is 1. The van der Waals surface area contributed by atoms with E-state index in [4.69, 9.17) is 0 Å². The van der Waals surface area contributed by atoms with Crippen LogP contribution in [0.25, 0.3) is 0 Å². The zero-order valence-electron chi connectivity index (χ0n) is 11.8. The number of unbranched alkanes of at least 4 members (excludes halogenated alkanes) is 1. The maximum absolute atomic E-state index is 13.9. The van der Waals surface area contributed by atoms with Gasteiger partial charge in [0, 0.05) is 19.6 Å². The Labute approximate surface area is 110 Å². The molecule has 0 saturated heterocycles. The van der Waals surface area contributed by atoms with Crippen molar-refractivity contribution in [3.05, 3.63) is 29.6 Å². The smallest absolute Gasteiger partial charge is 0.146 e. The molecule has 0 aromatic heterocycles. The third-order valence-corrected chi connectivity index (χ3v) is 3.09. The largest absolute Gasteiger partial charge is 0.369 e. The third-order valence-electron chi connectivity index (χ3n) is 3.09. The SMILES string of the molecule is CCCCN(CC)c1cc(CNCC)ccc1F. The standard InChI is InChI=1S/C15H25FN2/c1-4-7-10-18(6-3)15-11-13(12-17-5-2)8-9-14(15)16/h8-9,11,17H,4-7,10,12H2,1-3H3. The molecule has 0 aliphatic rings. The quantitative estimate of drug-likeness (QED) is 0.761. The zero-order valence-corrected chi connectivity index (χ0v) is 11.8. The van der Waals surface area contributed by atoms with Crippen molar-refractivity contribution in [3.63, 3.8) is 0 Å². The van der Waals surface area contributed by atoms with Gasteiger partial charge in [-0.2, -0.15) is 0 Å². The van der Waals surface area contributed by atoms with Crippen LogP contribution in [0.15, 0.2) is 18.2 Å². The second kappa shape index (κ2) is 8.09. The van der Waals surface area contributed by atoms with Crippen LogP contribution in [-0.2, 0) is 6.54 Å². The summed E-state index contributed by atoms with van der Waals surface area (Å²) in [5, 5.41) is 3.27. The zero-order chi connectivity index (χ0) is 13.4. The number of nitrogens with one attached hydrogen (secondary N) is 1. The molecule has 0 fully saturated rings. The molecule has 0 radical (unpaired) electrons. The molecule has 0 bridgehead atoms. The highest BCUT2D eigenvalue weighted by atomic mass is 19.1. The fourth-order valence-corrected chi connectivity index (χ4v) is 1.98. The van der Waals surface area contributed by atoms with Crippen molar-refractivity contribution in [3.8, 4) is 0 Å². The van der Waals surface area contributed by atoms with Gasteiger partial charge in [-0.3, -0.25) is 0 Å². The van der Waals surface area contributed by atoms with Crippen LogP contribution in [0.2, 0.25) is 0 Å². The molecule has 0 spiro atoms. The Balaban J connectivity index is 2.83. The van der Waals surface area contributed by atoms with Gasteiger partial charge < -0.3 is 10.2 Å². The van der Waals surface area contributed by atoms with Crippen molar-refractivity contribution in [1.29, 1.82) is 0 Å². The van der Waals surface area contributed by atoms with Gasteiger partial charge in [-0.05, 0) is 37.6 Å². The molecule has 0 aliphatic heterocycles. The summed E-state index contributed by atoms with van der Waals surface area (Å²) in [5.74, 6) is -0.117. The van der Waals surface area contributed by atoms with Crippen LogP contribution in [0.1, 0.15) is 39.2 Å². The monoisotopic (exact) mass is 252 g/mol. The van der Waals surface area contributed by atoms with E-state index >= 15 is 0 Å². The summed E-state index contributed by atoms with van der Waals surface area (Å²) in [6, 6.07) is 5.41. The van der Waals surface area contributed by atoms with E-state index < -0.39 is 0 Å². The van der Waals surface area contributed by atoms with Gasteiger partial charge in [0.2, 0.25) is 0 Å². The first-order valence-corrected chi connectivity index (χ1v) is 6.97. The normalized spacial score (nSPS) is 10.7. The summed E-state index contributed by atoms with van der Waals surface area (Å²) in [6.07, 6.45) is 2.24. The van der Waals surface area contributed by atoms with Crippen LogP contribution in [0.4, 0.5) is 10.1 Å². The maximum atomic E-state index is 13.9. The first kappa shape index (κ1) is 15.0. The van der Waals surface area contributed by atoms with Crippen molar-refractivity contribution in [2.45, 2.75) is 40.2 Å². The van der Waals surface area contributed by atoms with Crippen molar-refractivity contribution in [2.24, 2.45) is 0 Å². The van der Waals surface area contributed by atoms with Crippen molar-refractivity contribution < 1.29 is 4.39 Å². The average molecular weight is 252 g/mol. The molecule has 1 N–H and O–H groups in total. The highest BCUT2D eigenvalue weighted by molar-refractivity contribution is 5.50. The fraction of sp³-hybridized carbons (Fsp3) is 0.600. The van der Waals surface area contributed by atoms with E-state index in [0.717, 1.165) is 50.3 Å². The lowest BCUT2D eigenvalue weighted by atomic mass is 10.1. The third kappa shape index (κ3) is 4.30. The number of rotatable bonds is 8. The Kier molecular flexibility index (Phi) is 6.73. The van der Waals surface area contributed by atoms with Crippen LogP contribution in [0, 0.1) is 5.82 Å². The molecule has 1 aromatic carbocycles. The highest BCUT2D eigenvalue weighted by Crippen LogP contribution is 2.21. The molecule has 0 aliphatic carbocycles. The van der Waals surface area contributed by atoms with Crippen molar-refractivity contribution >= 4 is 5.69 Å². The van der Waals surface area contributed by atoms with E-state index in [0.29, 0.717) is 0 Å². The molecule has 1 aromatic rings. The Morgan fingerprint density at radius 3 is 2.61 bits per heavy atom. The number of benzene rings is 1. The molecule has 0 unspecified atom stereocenters. The molecular weight excluding hydrogens is 227 g/mol. The molecular formula is C15H25FN2. The molecule has 0 amide bonds. The van der Waals surface area contributed by atoms with Crippen molar-refractivity contribution in [2.75, 3.05) is 24.5 Å². The molecule has 18 heavy (non-hydrogen) atoms. The van der Waals surface area contributed by atoms with Crippen LogP contribution in [-0.4, -0.2) is 19.6 Å². The van der Waals surface area contributed by atoms with E-state index in [1.165, 1.54) is 0 Å². The Morgan fingerprint density at radius 1 is 1.22 bits per heavy atom. The summed E-state index contributed by atoms with van der Waals surface area (Å²) in [7, 11) is 0. The minimum absolute atomic E-state index is 0.117. The predicted octanol–water partition coefficient (Wildman–Crippen LogP) is 3.56. The minimum Gasteiger partial charge on any atom is -0.369 e. The topological polar surface area (TPSA) is 15.3 Å². The van der Waals surface area contributed by atoms with Crippen LogP contribution >= 0.6 is 0 Å². The van der Waals surface area contributed by atoms with Crippen molar-refractivity contribution in [1.82, 2.24) is 5.32 Å². The van der Waals surface area contributed by atoms with Gasteiger partial charge in [-0.1, -0.05) is 26.3 Å². The lowest BCUT2D eigenvalue weighted by Gasteiger charge is -2.24. The molecule has 3 heteroatoms.